The first-order valence-electron chi connectivity index (χ1n) is 7.07. The zero-order chi connectivity index (χ0) is 13.3. The van der Waals surface area contributed by atoms with Crippen molar-refractivity contribution in [3.05, 3.63) is 0 Å². The maximum Gasteiger partial charge on any atom is 0.0637 e. The summed E-state index contributed by atoms with van der Waals surface area (Å²) in [7, 11) is 4.36. The number of rotatable bonds is 10. The third-order valence-corrected chi connectivity index (χ3v) is 3.89. The van der Waals surface area contributed by atoms with Gasteiger partial charge in [-0.25, -0.2) is 0 Å². The molecule has 1 atom stereocenters. The van der Waals surface area contributed by atoms with Gasteiger partial charge in [0, 0.05) is 18.2 Å². The standard InChI is InChI=1S/C14H32N2O/c1-7-11-15-13(12-17-10-4)14(8-2,9-3)16(5)6/h13,15H,7-12H2,1-6H3. The highest BCUT2D eigenvalue weighted by molar-refractivity contribution is 4.97. The molecule has 0 rings (SSSR count). The van der Waals surface area contributed by atoms with Crippen LogP contribution < -0.4 is 5.32 Å². The molecule has 0 aromatic carbocycles. The van der Waals surface area contributed by atoms with E-state index in [1.165, 1.54) is 6.42 Å². The van der Waals surface area contributed by atoms with Gasteiger partial charge in [-0.05, 0) is 46.8 Å². The van der Waals surface area contributed by atoms with Crippen LogP contribution in [0.5, 0.6) is 0 Å². The van der Waals surface area contributed by atoms with Gasteiger partial charge in [-0.15, -0.1) is 0 Å². The molecule has 1 unspecified atom stereocenters. The Morgan fingerprint density at radius 3 is 2.06 bits per heavy atom. The molecule has 0 aromatic rings. The van der Waals surface area contributed by atoms with Crippen LogP contribution in [0.3, 0.4) is 0 Å². The van der Waals surface area contributed by atoms with Crippen LogP contribution in [0.25, 0.3) is 0 Å². The lowest BCUT2D eigenvalue weighted by Crippen LogP contribution is -2.60. The summed E-state index contributed by atoms with van der Waals surface area (Å²) in [5, 5.41) is 3.66. The van der Waals surface area contributed by atoms with Gasteiger partial charge in [0.1, 0.15) is 0 Å². The summed E-state index contributed by atoms with van der Waals surface area (Å²) in [6.07, 6.45) is 3.45. The van der Waals surface area contributed by atoms with E-state index in [0.29, 0.717) is 6.04 Å². The van der Waals surface area contributed by atoms with E-state index < -0.39 is 0 Å². The molecule has 3 heteroatoms. The van der Waals surface area contributed by atoms with Gasteiger partial charge in [0.25, 0.3) is 0 Å². The van der Waals surface area contributed by atoms with Crippen LogP contribution in [0.4, 0.5) is 0 Å². The third-order valence-electron chi connectivity index (χ3n) is 3.89. The van der Waals surface area contributed by atoms with Gasteiger partial charge < -0.3 is 15.0 Å². The van der Waals surface area contributed by atoms with Gasteiger partial charge >= 0.3 is 0 Å². The largest absolute Gasteiger partial charge is 0.380 e. The Hall–Kier alpha value is -0.120. The van der Waals surface area contributed by atoms with E-state index in [4.69, 9.17) is 4.74 Å². The van der Waals surface area contributed by atoms with Crippen molar-refractivity contribution in [1.82, 2.24) is 10.2 Å². The quantitative estimate of drug-likeness (QED) is 0.639. The van der Waals surface area contributed by atoms with Crippen LogP contribution in [0.2, 0.25) is 0 Å². The third kappa shape index (κ3) is 4.57. The van der Waals surface area contributed by atoms with Crippen LogP contribution >= 0.6 is 0 Å². The molecule has 0 fully saturated rings. The van der Waals surface area contributed by atoms with Crippen LogP contribution in [0.1, 0.15) is 47.0 Å². The second-order valence-electron chi connectivity index (χ2n) is 4.87. The Balaban J connectivity index is 4.78. The average Bonchev–Trinajstić information content (AvgIpc) is 2.33. The number of hydrogen-bond donors (Lipinski definition) is 1. The van der Waals surface area contributed by atoms with Crippen LogP contribution in [0.15, 0.2) is 0 Å². The van der Waals surface area contributed by atoms with Gasteiger partial charge in [-0.2, -0.15) is 0 Å². The predicted molar refractivity (Wildman–Crippen MR) is 75.6 cm³/mol. The maximum atomic E-state index is 5.66. The van der Waals surface area contributed by atoms with E-state index in [0.717, 1.165) is 32.6 Å². The summed E-state index contributed by atoms with van der Waals surface area (Å²) in [5.74, 6) is 0. The zero-order valence-corrected chi connectivity index (χ0v) is 12.7. The Labute approximate surface area is 108 Å². The van der Waals surface area contributed by atoms with E-state index in [1.807, 2.05) is 0 Å². The van der Waals surface area contributed by atoms with Gasteiger partial charge in [-0.1, -0.05) is 20.8 Å². The molecule has 0 bridgehead atoms. The highest BCUT2D eigenvalue weighted by Crippen LogP contribution is 2.26. The molecule has 0 aliphatic heterocycles. The molecule has 3 nitrogen and oxygen atoms in total. The van der Waals surface area contributed by atoms with E-state index in [9.17, 15) is 0 Å². The van der Waals surface area contributed by atoms with Crippen molar-refractivity contribution in [2.45, 2.75) is 58.5 Å². The molecule has 0 saturated carbocycles. The number of nitrogens with zero attached hydrogens (tertiary/aromatic N) is 1. The number of likely N-dealkylation sites (N-methyl/N-ethyl adjacent to an activating group) is 1. The summed E-state index contributed by atoms with van der Waals surface area (Å²) in [4.78, 5) is 2.36. The zero-order valence-electron chi connectivity index (χ0n) is 12.7. The molecular weight excluding hydrogens is 212 g/mol. The molecule has 0 saturated heterocycles. The Bertz CT molecular complexity index is 171. The van der Waals surface area contributed by atoms with Crippen molar-refractivity contribution in [3.8, 4) is 0 Å². The Morgan fingerprint density at radius 1 is 1.12 bits per heavy atom. The fraction of sp³-hybridized carbons (Fsp3) is 1.00. The molecule has 0 spiro atoms. The summed E-state index contributed by atoms with van der Waals surface area (Å²) >= 11 is 0. The monoisotopic (exact) mass is 244 g/mol. The molecule has 0 radical (unpaired) electrons. The first-order chi connectivity index (χ1) is 8.08. The Kier molecular flexibility index (Phi) is 8.83. The molecule has 17 heavy (non-hydrogen) atoms. The molecule has 0 amide bonds. The average molecular weight is 244 g/mol. The first kappa shape index (κ1) is 16.9. The van der Waals surface area contributed by atoms with Crippen molar-refractivity contribution < 1.29 is 4.74 Å². The van der Waals surface area contributed by atoms with Crippen molar-refractivity contribution in [3.63, 3.8) is 0 Å². The molecule has 0 heterocycles. The van der Waals surface area contributed by atoms with E-state index >= 15 is 0 Å². The number of hydrogen-bond acceptors (Lipinski definition) is 3. The van der Waals surface area contributed by atoms with Crippen molar-refractivity contribution in [1.29, 1.82) is 0 Å². The molecule has 0 aliphatic carbocycles. The smallest absolute Gasteiger partial charge is 0.0637 e. The maximum absolute atomic E-state index is 5.66. The normalized spacial score (nSPS) is 14.3. The minimum absolute atomic E-state index is 0.199. The van der Waals surface area contributed by atoms with Crippen molar-refractivity contribution in [2.24, 2.45) is 0 Å². The predicted octanol–water partition coefficient (Wildman–Crippen LogP) is 2.51. The lowest BCUT2D eigenvalue weighted by atomic mass is 9.83. The minimum Gasteiger partial charge on any atom is -0.380 e. The van der Waals surface area contributed by atoms with E-state index in [1.54, 1.807) is 0 Å². The van der Waals surface area contributed by atoms with Crippen molar-refractivity contribution in [2.75, 3.05) is 33.9 Å². The molecule has 0 aromatic heterocycles. The fourth-order valence-electron chi connectivity index (χ4n) is 2.65. The Morgan fingerprint density at radius 2 is 1.71 bits per heavy atom. The lowest BCUT2D eigenvalue weighted by Gasteiger charge is -2.45. The summed E-state index contributed by atoms with van der Waals surface area (Å²) in [6.45, 7) is 11.5. The molecule has 0 aliphatic rings. The minimum atomic E-state index is 0.199. The van der Waals surface area contributed by atoms with Gasteiger partial charge in [-0.3, -0.25) is 0 Å². The van der Waals surface area contributed by atoms with Crippen LogP contribution in [-0.4, -0.2) is 50.3 Å². The lowest BCUT2D eigenvalue weighted by molar-refractivity contribution is 0.0282. The van der Waals surface area contributed by atoms with Gasteiger partial charge in [0.15, 0.2) is 0 Å². The molecule has 104 valence electrons. The summed E-state index contributed by atoms with van der Waals surface area (Å²) in [6, 6.07) is 0.410. The second kappa shape index (κ2) is 8.90. The highest BCUT2D eigenvalue weighted by Gasteiger charge is 2.37. The van der Waals surface area contributed by atoms with Gasteiger partial charge in [0.05, 0.1) is 6.61 Å². The second-order valence-corrected chi connectivity index (χ2v) is 4.87. The number of nitrogens with one attached hydrogen (secondary N) is 1. The molecular formula is C14H32N2O. The molecule has 1 N–H and O–H groups in total. The fourth-order valence-corrected chi connectivity index (χ4v) is 2.65. The summed E-state index contributed by atoms with van der Waals surface area (Å²) in [5.41, 5.74) is 0.199. The topological polar surface area (TPSA) is 24.5 Å². The number of ether oxygens (including phenoxy) is 1. The first-order valence-corrected chi connectivity index (χ1v) is 7.07. The highest BCUT2D eigenvalue weighted by atomic mass is 16.5. The SMILES string of the molecule is CCCNC(COCC)C(CC)(CC)N(C)C. The summed E-state index contributed by atoms with van der Waals surface area (Å²) < 4.78 is 5.66. The van der Waals surface area contributed by atoms with E-state index in [2.05, 4.69) is 52.0 Å². The van der Waals surface area contributed by atoms with Crippen LogP contribution in [-0.2, 0) is 4.74 Å². The van der Waals surface area contributed by atoms with E-state index in [-0.39, 0.29) is 5.54 Å². The van der Waals surface area contributed by atoms with Crippen LogP contribution in [0, 0.1) is 0 Å². The van der Waals surface area contributed by atoms with Gasteiger partial charge in [0.2, 0.25) is 0 Å². The van der Waals surface area contributed by atoms with Crippen molar-refractivity contribution >= 4 is 0 Å².